The Kier molecular flexibility index (Phi) is 2.70. The molecule has 5 heteroatoms. The smallest absolute Gasteiger partial charge is 0.308 e. The minimum atomic E-state index is -0.935. The molecule has 0 amide bonds. The maximum Gasteiger partial charge on any atom is 0.308 e. The lowest BCUT2D eigenvalue weighted by molar-refractivity contribution is -0.136. The molecule has 66 valence electrons. The zero-order chi connectivity index (χ0) is 9.14. The Morgan fingerprint density at radius 1 is 1.75 bits per heavy atom. The number of carboxylic acid groups (broad SMARTS) is 1. The maximum absolute atomic E-state index is 10.4. The number of hydrogen-bond donors (Lipinski definition) is 1. The van der Waals surface area contributed by atoms with Crippen LogP contribution in [0.5, 0.6) is 0 Å². The summed E-state index contributed by atoms with van der Waals surface area (Å²) in [5.41, 5.74) is 1.09. The van der Waals surface area contributed by atoms with Gasteiger partial charge >= 0.3 is 5.97 Å². The van der Waals surface area contributed by atoms with Gasteiger partial charge in [0.1, 0.15) is 0 Å². The Morgan fingerprint density at radius 3 is 2.92 bits per heavy atom. The summed E-state index contributed by atoms with van der Waals surface area (Å²) in [4.78, 5) is 10.4. The van der Waals surface area contributed by atoms with Crippen LogP contribution in [-0.4, -0.2) is 16.2 Å². The van der Waals surface area contributed by atoms with Gasteiger partial charge in [0.15, 0.2) is 0 Å². The van der Waals surface area contributed by atoms with Gasteiger partial charge in [0.25, 0.3) is 0 Å². The van der Waals surface area contributed by atoms with Crippen molar-refractivity contribution in [1.29, 1.82) is 0 Å². The van der Waals surface area contributed by atoms with Crippen molar-refractivity contribution in [3.63, 3.8) is 0 Å². The SMILES string of the molecule is CCc1noc(Cl)c1CC(=O)O. The van der Waals surface area contributed by atoms with Crippen LogP contribution in [0.2, 0.25) is 5.22 Å². The summed E-state index contributed by atoms with van der Waals surface area (Å²) in [6.07, 6.45) is 0.490. The third-order valence-corrected chi connectivity index (χ3v) is 1.78. The van der Waals surface area contributed by atoms with E-state index < -0.39 is 5.97 Å². The van der Waals surface area contributed by atoms with Crippen molar-refractivity contribution in [2.24, 2.45) is 0 Å². The molecule has 0 aliphatic heterocycles. The van der Waals surface area contributed by atoms with Gasteiger partial charge in [-0.15, -0.1) is 0 Å². The van der Waals surface area contributed by atoms with Crippen LogP contribution in [0.15, 0.2) is 4.52 Å². The Balaban J connectivity index is 2.94. The first-order valence-corrected chi connectivity index (χ1v) is 3.87. The number of aryl methyl sites for hydroxylation is 1. The summed E-state index contributed by atoms with van der Waals surface area (Å²) in [5, 5.41) is 12.2. The highest BCUT2D eigenvalue weighted by atomic mass is 35.5. The number of aliphatic carboxylic acids is 1. The van der Waals surface area contributed by atoms with Crippen LogP contribution >= 0.6 is 11.6 Å². The fraction of sp³-hybridized carbons (Fsp3) is 0.429. The minimum Gasteiger partial charge on any atom is -0.481 e. The number of aromatic nitrogens is 1. The van der Waals surface area contributed by atoms with Crippen LogP contribution < -0.4 is 0 Å². The van der Waals surface area contributed by atoms with Crippen molar-refractivity contribution < 1.29 is 14.4 Å². The zero-order valence-electron chi connectivity index (χ0n) is 6.50. The highest BCUT2D eigenvalue weighted by Crippen LogP contribution is 2.20. The molecule has 12 heavy (non-hydrogen) atoms. The van der Waals surface area contributed by atoms with Crippen LogP contribution in [0.4, 0.5) is 0 Å². The van der Waals surface area contributed by atoms with E-state index in [9.17, 15) is 4.79 Å². The van der Waals surface area contributed by atoms with Gasteiger partial charge < -0.3 is 9.63 Å². The number of carbonyl (C=O) groups is 1. The van der Waals surface area contributed by atoms with Crippen molar-refractivity contribution in [1.82, 2.24) is 5.16 Å². The van der Waals surface area contributed by atoms with E-state index >= 15 is 0 Å². The number of hydrogen-bond acceptors (Lipinski definition) is 3. The normalized spacial score (nSPS) is 10.2. The number of nitrogens with zero attached hydrogens (tertiary/aromatic N) is 1. The Bertz CT molecular complexity index is 295. The predicted octanol–water partition coefficient (Wildman–Crippen LogP) is 1.52. The van der Waals surface area contributed by atoms with Gasteiger partial charge in [-0.3, -0.25) is 4.79 Å². The van der Waals surface area contributed by atoms with E-state index in [0.29, 0.717) is 17.7 Å². The Morgan fingerprint density at radius 2 is 2.42 bits per heavy atom. The van der Waals surface area contributed by atoms with Gasteiger partial charge in [0.2, 0.25) is 5.22 Å². The quantitative estimate of drug-likeness (QED) is 0.783. The molecule has 0 unspecified atom stereocenters. The lowest BCUT2D eigenvalue weighted by Gasteiger charge is -1.93. The average Bonchev–Trinajstić information content (AvgIpc) is 2.32. The van der Waals surface area contributed by atoms with Crippen molar-refractivity contribution in [2.75, 3.05) is 0 Å². The van der Waals surface area contributed by atoms with Crippen LogP contribution in [0, 0.1) is 0 Å². The average molecular weight is 190 g/mol. The van der Waals surface area contributed by atoms with Crippen LogP contribution in [-0.2, 0) is 17.6 Å². The standard InChI is InChI=1S/C7H8ClNO3/c1-2-5-4(3-6(10)11)7(8)12-9-5/h2-3H2,1H3,(H,10,11). The lowest BCUT2D eigenvalue weighted by Crippen LogP contribution is -2.02. The molecule has 0 aliphatic carbocycles. The van der Waals surface area contributed by atoms with E-state index in [1.54, 1.807) is 0 Å². The molecule has 1 rings (SSSR count). The minimum absolute atomic E-state index is 0.0780. The summed E-state index contributed by atoms with van der Waals surface area (Å²) < 4.78 is 4.64. The topological polar surface area (TPSA) is 63.3 Å². The van der Waals surface area contributed by atoms with Crippen molar-refractivity contribution in [2.45, 2.75) is 19.8 Å². The molecule has 1 aromatic heterocycles. The fourth-order valence-corrected chi connectivity index (χ4v) is 1.13. The van der Waals surface area contributed by atoms with Crippen LogP contribution in [0.1, 0.15) is 18.2 Å². The fourth-order valence-electron chi connectivity index (χ4n) is 0.919. The lowest BCUT2D eigenvalue weighted by atomic mass is 10.1. The number of halogens is 1. The molecule has 0 aliphatic rings. The first kappa shape index (κ1) is 9.06. The van der Waals surface area contributed by atoms with E-state index in [1.165, 1.54) is 0 Å². The highest BCUT2D eigenvalue weighted by Gasteiger charge is 2.15. The second-order valence-electron chi connectivity index (χ2n) is 2.31. The van der Waals surface area contributed by atoms with E-state index in [2.05, 4.69) is 9.68 Å². The summed E-state index contributed by atoms with van der Waals surface area (Å²) >= 11 is 5.58. The molecule has 1 aromatic rings. The third kappa shape index (κ3) is 1.76. The van der Waals surface area contributed by atoms with Crippen molar-refractivity contribution >= 4 is 17.6 Å². The predicted molar refractivity (Wildman–Crippen MR) is 42.2 cm³/mol. The van der Waals surface area contributed by atoms with Gasteiger partial charge in [-0.05, 0) is 18.0 Å². The molecule has 0 atom stereocenters. The first-order chi connectivity index (χ1) is 5.65. The van der Waals surface area contributed by atoms with E-state index in [0.717, 1.165) is 0 Å². The maximum atomic E-state index is 10.4. The molecule has 0 saturated heterocycles. The number of rotatable bonds is 3. The molecular formula is C7H8ClNO3. The summed E-state index contributed by atoms with van der Waals surface area (Å²) in [6.45, 7) is 1.86. The molecule has 0 saturated carbocycles. The number of carboxylic acids is 1. The van der Waals surface area contributed by atoms with Crippen LogP contribution in [0.25, 0.3) is 0 Å². The largest absolute Gasteiger partial charge is 0.481 e. The molecule has 1 heterocycles. The van der Waals surface area contributed by atoms with Gasteiger partial charge in [-0.2, -0.15) is 0 Å². The Hall–Kier alpha value is -1.03. The van der Waals surface area contributed by atoms with Gasteiger partial charge in [-0.25, -0.2) is 0 Å². The first-order valence-electron chi connectivity index (χ1n) is 3.49. The van der Waals surface area contributed by atoms with Crippen molar-refractivity contribution in [3.05, 3.63) is 16.5 Å². The molecule has 0 spiro atoms. The zero-order valence-corrected chi connectivity index (χ0v) is 7.26. The molecule has 4 nitrogen and oxygen atoms in total. The molecule has 0 bridgehead atoms. The second kappa shape index (κ2) is 3.58. The van der Waals surface area contributed by atoms with Gasteiger partial charge in [0, 0.05) is 5.56 Å². The summed E-state index contributed by atoms with van der Waals surface area (Å²) in [7, 11) is 0. The van der Waals surface area contributed by atoms with Crippen molar-refractivity contribution in [3.8, 4) is 0 Å². The van der Waals surface area contributed by atoms with E-state index in [4.69, 9.17) is 16.7 Å². The third-order valence-electron chi connectivity index (χ3n) is 1.48. The highest BCUT2D eigenvalue weighted by molar-refractivity contribution is 6.29. The van der Waals surface area contributed by atoms with E-state index in [1.807, 2.05) is 6.92 Å². The molecule has 1 N–H and O–H groups in total. The summed E-state index contributed by atoms with van der Waals surface area (Å²) in [6, 6.07) is 0. The molecular weight excluding hydrogens is 182 g/mol. The monoisotopic (exact) mass is 189 g/mol. The molecule has 0 radical (unpaired) electrons. The molecule has 0 fully saturated rings. The van der Waals surface area contributed by atoms with Crippen LogP contribution in [0.3, 0.4) is 0 Å². The molecule has 0 aromatic carbocycles. The van der Waals surface area contributed by atoms with Gasteiger partial charge in [-0.1, -0.05) is 12.1 Å². The summed E-state index contributed by atoms with van der Waals surface area (Å²) in [5.74, 6) is -0.935. The second-order valence-corrected chi connectivity index (χ2v) is 2.65. The Labute approximate surface area is 74.1 Å². The van der Waals surface area contributed by atoms with E-state index in [-0.39, 0.29) is 11.6 Å². The van der Waals surface area contributed by atoms with Gasteiger partial charge in [0.05, 0.1) is 12.1 Å².